The van der Waals surface area contributed by atoms with Crippen molar-refractivity contribution in [3.63, 3.8) is 0 Å². The molecule has 0 aliphatic carbocycles. The number of hydrogen-bond donors (Lipinski definition) is 1. The first-order valence-electron chi connectivity index (χ1n) is 6.55. The second-order valence-electron chi connectivity index (χ2n) is 4.68. The van der Waals surface area contributed by atoms with Gasteiger partial charge in [-0.2, -0.15) is 0 Å². The smallest absolute Gasteiger partial charge is 0.337 e. The lowest BCUT2D eigenvalue weighted by Crippen LogP contribution is -2.05. The Kier molecular flexibility index (Phi) is 3.73. The van der Waals surface area contributed by atoms with Gasteiger partial charge in [0.2, 0.25) is 5.43 Å². The van der Waals surface area contributed by atoms with Gasteiger partial charge in [-0.15, -0.1) is 12.6 Å². The summed E-state index contributed by atoms with van der Waals surface area (Å²) in [6.07, 6.45) is 0. The summed E-state index contributed by atoms with van der Waals surface area (Å²) in [5.41, 5.74) is 1.24. The number of fused-ring (bicyclic) bond motifs is 1. The molecule has 1 heterocycles. The van der Waals surface area contributed by atoms with Crippen LogP contribution in [0.4, 0.5) is 0 Å². The highest BCUT2D eigenvalue weighted by Gasteiger charge is 2.15. The summed E-state index contributed by atoms with van der Waals surface area (Å²) in [4.78, 5) is 24.2. The molecule has 0 atom stereocenters. The highest BCUT2D eigenvalue weighted by Crippen LogP contribution is 2.28. The molecule has 0 fully saturated rings. The molecule has 2 aromatic carbocycles. The van der Waals surface area contributed by atoms with E-state index in [0.717, 1.165) is 0 Å². The quantitative estimate of drug-likeness (QED) is 0.581. The maximum atomic E-state index is 12.4. The predicted molar refractivity (Wildman–Crippen MR) is 86.5 cm³/mol. The van der Waals surface area contributed by atoms with Crippen molar-refractivity contribution in [2.75, 3.05) is 7.11 Å². The van der Waals surface area contributed by atoms with Gasteiger partial charge in [0, 0.05) is 5.56 Å². The molecule has 22 heavy (non-hydrogen) atoms. The van der Waals surface area contributed by atoms with Crippen LogP contribution in [-0.4, -0.2) is 13.1 Å². The Labute approximate surface area is 131 Å². The molecule has 0 aliphatic rings. The zero-order valence-electron chi connectivity index (χ0n) is 11.7. The van der Waals surface area contributed by atoms with Crippen molar-refractivity contribution >= 4 is 29.6 Å². The van der Waals surface area contributed by atoms with Crippen LogP contribution in [0.5, 0.6) is 0 Å². The van der Waals surface area contributed by atoms with Gasteiger partial charge in [-0.1, -0.05) is 24.3 Å². The molecule has 3 aromatic rings. The molecular formula is C17H12O4S. The van der Waals surface area contributed by atoms with E-state index in [9.17, 15) is 9.59 Å². The molecule has 4 nitrogen and oxygen atoms in total. The van der Waals surface area contributed by atoms with Crippen molar-refractivity contribution in [1.82, 2.24) is 0 Å². The minimum atomic E-state index is -0.453. The number of carbonyl (C=O) groups is 1. The first kappa shape index (κ1) is 14.4. The standard InChI is InChI=1S/C17H12O4S/c1-20-17(19)11-6-4-5-10(9-11)15-16(22)14(18)12-7-2-3-8-13(12)21-15/h2-9,22H,1H3. The molecule has 0 spiro atoms. The first-order valence-corrected chi connectivity index (χ1v) is 7.00. The highest BCUT2D eigenvalue weighted by molar-refractivity contribution is 7.80. The fourth-order valence-corrected chi connectivity index (χ4v) is 2.53. The summed E-state index contributed by atoms with van der Waals surface area (Å²) in [5, 5.41) is 0.473. The summed E-state index contributed by atoms with van der Waals surface area (Å²) in [5.74, 6) is -0.122. The third kappa shape index (κ3) is 2.40. The number of esters is 1. The number of hydrogen-bond acceptors (Lipinski definition) is 5. The van der Waals surface area contributed by atoms with E-state index in [1.54, 1.807) is 48.5 Å². The van der Waals surface area contributed by atoms with Gasteiger partial charge in [-0.25, -0.2) is 4.79 Å². The Morgan fingerprint density at radius 3 is 2.68 bits per heavy atom. The van der Waals surface area contributed by atoms with Crippen LogP contribution in [0.15, 0.2) is 62.6 Å². The van der Waals surface area contributed by atoms with E-state index >= 15 is 0 Å². The zero-order valence-corrected chi connectivity index (χ0v) is 12.6. The highest BCUT2D eigenvalue weighted by atomic mass is 32.1. The van der Waals surface area contributed by atoms with Crippen LogP contribution in [0.3, 0.4) is 0 Å². The number of ether oxygens (including phenoxy) is 1. The Balaban J connectivity index is 2.25. The zero-order chi connectivity index (χ0) is 15.7. The van der Waals surface area contributed by atoms with E-state index in [2.05, 4.69) is 12.6 Å². The first-order chi connectivity index (χ1) is 10.6. The second-order valence-corrected chi connectivity index (χ2v) is 5.12. The van der Waals surface area contributed by atoms with Crippen molar-refractivity contribution in [2.45, 2.75) is 4.90 Å². The topological polar surface area (TPSA) is 56.5 Å². The molecule has 0 N–H and O–H groups in total. The van der Waals surface area contributed by atoms with E-state index in [-0.39, 0.29) is 10.3 Å². The Morgan fingerprint density at radius 2 is 1.91 bits per heavy atom. The number of benzene rings is 2. The van der Waals surface area contributed by atoms with Gasteiger partial charge in [-0.05, 0) is 24.3 Å². The predicted octanol–water partition coefficient (Wildman–Crippen LogP) is 3.54. The molecule has 0 saturated heterocycles. The molecule has 0 unspecified atom stereocenters. The average molecular weight is 312 g/mol. The minimum Gasteiger partial charge on any atom is -0.465 e. The third-order valence-electron chi connectivity index (χ3n) is 3.32. The molecule has 5 heteroatoms. The SMILES string of the molecule is COC(=O)c1cccc(-c2oc3ccccc3c(=O)c2S)c1. The summed E-state index contributed by atoms with van der Waals surface area (Å²) in [7, 11) is 1.31. The van der Waals surface area contributed by atoms with E-state index in [1.807, 2.05) is 0 Å². The van der Waals surface area contributed by atoms with Crippen molar-refractivity contribution in [3.8, 4) is 11.3 Å². The molecule has 110 valence electrons. The van der Waals surface area contributed by atoms with Crippen LogP contribution in [0.1, 0.15) is 10.4 Å². The molecule has 1 aromatic heterocycles. The van der Waals surface area contributed by atoms with Crippen LogP contribution < -0.4 is 5.43 Å². The summed E-state index contributed by atoms with van der Waals surface area (Å²) in [6, 6.07) is 13.7. The lowest BCUT2D eigenvalue weighted by Gasteiger charge is -2.07. The largest absolute Gasteiger partial charge is 0.465 e. The van der Waals surface area contributed by atoms with Gasteiger partial charge >= 0.3 is 5.97 Å². The van der Waals surface area contributed by atoms with Crippen molar-refractivity contribution in [3.05, 3.63) is 64.3 Å². The van der Waals surface area contributed by atoms with Gasteiger partial charge in [0.25, 0.3) is 0 Å². The van der Waals surface area contributed by atoms with Gasteiger partial charge in [0.05, 0.1) is 23.0 Å². The molecule has 0 radical (unpaired) electrons. The lowest BCUT2D eigenvalue weighted by atomic mass is 10.1. The monoisotopic (exact) mass is 312 g/mol. The second kappa shape index (κ2) is 5.69. The third-order valence-corrected chi connectivity index (χ3v) is 3.73. The normalized spacial score (nSPS) is 10.6. The number of rotatable bonds is 2. The summed E-state index contributed by atoms with van der Waals surface area (Å²) in [6.45, 7) is 0. The Hall–Kier alpha value is -2.53. The maximum absolute atomic E-state index is 12.4. The van der Waals surface area contributed by atoms with Crippen molar-refractivity contribution in [2.24, 2.45) is 0 Å². The van der Waals surface area contributed by atoms with E-state index < -0.39 is 5.97 Å². The molecule has 0 aliphatic heterocycles. The number of methoxy groups -OCH3 is 1. The van der Waals surface area contributed by atoms with Gasteiger partial charge in [0.15, 0.2) is 5.76 Å². The molecule has 0 amide bonds. The summed E-state index contributed by atoms with van der Waals surface area (Å²) >= 11 is 4.29. The van der Waals surface area contributed by atoms with Gasteiger partial charge < -0.3 is 9.15 Å². The van der Waals surface area contributed by atoms with E-state index in [1.165, 1.54) is 7.11 Å². The van der Waals surface area contributed by atoms with Crippen LogP contribution in [0.2, 0.25) is 0 Å². The lowest BCUT2D eigenvalue weighted by molar-refractivity contribution is 0.0601. The molecule has 3 rings (SSSR count). The van der Waals surface area contributed by atoms with Crippen molar-refractivity contribution in [1.29, 1.82) is 0 Å². The molecule has 0 saturated carbocycles. The minimum absolute atomic E-state index is 0.205. The van der Waals surface area contributed by atoms with Crippen LogP contribution >= 0.6 is 12.6 Å². The fourth-order valence-electron chi connectivity index (χ4n) is 2.23. The number of thiol groups is 1. The Bertz CT molecular complexity index is 927. The van der Waals surface area contributed by atoms with Crippen LogP contribution in [0.25, 0.3) is 22.3 Å². The van der Waals surface area contributed by atoms with Gasteiger partial charge in [0.1, 0.15) is 5.58 Å². The number of para-hydroxylation sites is 1. The average Bonchev–Trinajstić information content (AvgIpc) is 2.57. The van der Waals surface area contributed by atoms with E-state index in [4.69, 9.17) is 9.15 Å². The van der Waals surface area contributed by atoms with Crippen LogP contribution in [-0.2, 0) is 4.74 Å². The summed E-state index contributed by atoms with van der Waals surface area (Å²) < 4.78 is 10.5. The number of carbonyl (C=O) groups excluding carboxylic acids is 1. The van der Waals surface area contributed by atoms with Gasteiger partial charge in [-0.3, -0.25) is 4.79 Å². The maximum Gasteiger partial charge on any atom is 0.337 e. The van der Waals surface area contributed by atoms with Crippen molar-refractivity contribution < 1.29 is 13.9 Å². The van der Waals surface area contributed by atoms with Crippen LogP contribution in [0, 0.1) is 0 Å². The fraction of sp³-hybridized carbons (Fsp3) is 0.0588. The Morgan fingerprint density at radius 1 is 1.14 bits per heavy atom. The molecule has 0 bridgehead atoms. The molecular weight excluding hydrogens is 300 g/mol. The van der Waals surface area contributed by atoms with E-state index in [0.29, 0.717) is 27.9 Å².